The zero-order chi connectivity index (χ0) is 45.1. The average molecular weight is 863 g/mol. The molecule has 0 saturated carbocycles. The summed E-state index contributed by atoms with van der Waals surface area (Å²) >= 11 is 0. The van der Waals surface area contributed by atoms with Gasteiger partial charge in [-0.15, -0.1) is 0 Å². The zero-order valence-electron chi connectivity index (χ0n) is 40.4. The quantitative estimate of drug-likeness (QED) is 0.0263. The minimum absolute atomic E-state index is 0.0921. The Morgan fingerprint density at radius 2 is 0.629 bits per heavy atom. The van der Waals surface area contributed by atoms with E-state index < -0.39 is 6.10 Å². The number of hydrogen-bond donors (Lipinski definition) is 0. The molecule has 0 spiro atoms. The minimum atomic E-state index is -0.792. The van der Waals surface area contributed by atoms with E-state index in [9.17, 15) is 14.4 Å². The highest BCUT2D eigenvalue weighted by Gasteiger charge is 2.19. The molecular weight excluding hydrogens is 769 g/mol. The Morgan fingerprint density at radius 3 is 1.00 bits per heavy atom. The molecular formula is C56H94O6. The van der Waals surface area contributed by atoms with Crippen molar-refractivity contribution in [1.29, 1.82) is 0 Å². The van der Waals surface area contributed by atoms with Gasteiger partial charge >= 0.3 is 17.9 Å². The summed E-state index contributed by atoms with van der Waals surface area (Å²) < 4.78 is 16.8. The Morgan fingerprint density at radius 1 is 0.339 bits per heavy atom. The molecule has 0 aromatic heterocycles. The molecule has 0 rings (SSSR count). The van der Waals surface area contributed by atoms with Crippen molar-refractivity contribution in [3.63, 3.8) is 0 Å². The number of ether oxygens (including phenoxy) is 3. The number of esters is 3. The maximum Gasteiger partial charge on any atom is 0.306 e. The van der Waals surface area contributed by atoms with Gasteiger partial charge < -0.3 is 14.2 Å². The summed E-state index contributed by atoms with van der Waals surface area (Å²) in [6.07, 6.45) is 64.2. The largest absolute Gasteiger partial charge is 0.462 e. The summed E-state index contributed by atoms with van der Waals surface area (Å²) in [5.41, 5.74) is 0. The van der Waals surface area contributed by atoms with Crippen LogP contribution in [0.15, 0.2) is 85.1 Å². The molecule has 0 aliphatic carbocycles. The minimum Gasteiger partial charge on any atom is -0.462 e. The molecule has 62 heavy (non-hydrogen) atoms. The third-order valence-corrected chi connectivity index (χ3v) is 10.6. The second kappa shape index (κ2) is 50.2. The lowest BCUT2D eigenvalue weighted by molar-refractivity contribution is -0.167. The van der Waals surface area contributed by atoms with Crippen molar-refractivity contribution < 1.29 is 28.6 Å². The second-order valence-electron chi connectivity index (χ2n) is 16.7. The lowest BCUT2D eigenvalue weighted by atomic mass is 10.1. The summed E-state index contributed by atoms with van der Waals surface area (Å²) in [7, 11) is 0. The summed E-state index contributed by atoms with van der Waals surface area (Å²) in [4.78, 5) is 37.9. The summed E-state index contributed by atoms with van der Waals surface area (Å²) in [5, 5.41) is 0. The Bertz CT molecular complexity index is 1220. The highest BCUT2D eigenvalue weighted by Crippen LogP contribution is 2.13. The van der Waals surface area contributed by atoms with Crippen LogP contribution in [-0.2, 0) is 28.6 Å². The number of carbonyl (C=O) groups is 3. The van der Waals surface area contributed by atoms with Gasteiger partial charge in [-0.2, -0.15) is 0 Å². The van der Waals surface area contributed by atoms with Crippen molar-refractivity contribution in [2.75, 3.05) is 13.2 Å². The fourth-order valence-electron chi connectivity index (χ4n) is 6.72. The molecule has 0 heterocycles. The lowest BCUT2D eigenvalue weighted by Crippen LogP contribution is -2.30. The van der Waals surface area contributed by atoms with Crippen molar-refractivity contribution in [2.45, 2.75) is 239 Å². The van der Waals surface area contributed by atoms with Crippen molar-refractivity contribution in [1.82, 2.24) is 0 Å². The maximum absolute atomic E-state index is 12.8. The smallest absolute Gasteiger partial charge is 0.306 e. The molecule has 0 fully saturated rings. The van der Waals surface area contributed by atoms with Crippen LogP contribution >= 0.6 is 0 Å². The van der Waals surface area contributed by atoms with E-state index in [2.05, 4.69) is 106 Å². The first-order valence-corrected chi connectivity index (χ1v) is 25.6. The van der Waals surface area contributed by atoms with E-state index in [0.717, 1.165) is 128 Å². The molecule has 0 aromatic carbocycles. The molecule has 0 saturated heterocycles. The van der Waals surface area contributed by atoms with Crippen LogP contribution in [0.3, 0.4) is 0 Å². The topological polar surface area (TPSA) is 78.9 Å². The van der Waals surface area contributed by atoms with E-state index in [1.807, 2.05) is 0 Å². The molecule has 354 valence electrons. The number of carbonyl (C=O) groups excluding carboxylic acids is 3. The highest BCUT2D eigenvalue weighted by atomic mass is 16.6. The van der Waals surface area contributed by atoms with Crippen LogP contribution in [0.1, 0.15) is 233 Å². The van der Waals surface area contributed by atoms with Crippen molar-refractivity contribution in [2.24, 2.45) is 0 Å². The SMILES string of the molecule is CC/C=C\C/C=C\C/C=C\C/C=C\CCCCCCCCC(=O)OCC(COC(=O)CCCCCCC/C=C\CCCC)OC(=O)CCCCCCC/C=C\C/C=C\CCCC. The fourth-order valence-corrected chi connectivity index (χ4v) is 6.72. The number of hydrogen-bond acceptors (Lipinski definition) is 6. The van der Waals surface area contributed by atoms with Crippen LogP contribution in [0.2, 0.25) is 0 Å². The first kappa shape index (κ1) is 58.6. The Balaban J connectivity index is 4.41. The first-order chi connectivity index (χ1) is 30.5. The third-order valence-electron chi connectivity index (χ3n) is 10.6. The Hall–Kier alpha value is -3.41. The van der Waals surface area contributed by atoms with Gasteiger partial charge in [0.25, 0.3) is 0 Å². The van der Waals surface area contributed by atoms with Gasteiger partial charge in [0.05, 0.1) is 0 Å². The van der Waals surface area contributed by atoms with Gasteiger partial charge in [-0.25, -0.2) is 0 Å². The molecule has 0 aromatic rings. The monoisotopic (exact) mass is 863 g/mol. The van der Waals surface area contributed by atoms with Gasteiger partial charge in [0, 0.05) is 19.3 Å². The predicted octanol–water partition coefficient (Wildman–Crippen LogP) is 16.8. The van der Waals surface area contributed by atoms with Crippen LogP contribution in [-0.4, -0.2) is 37.2 Å². The van der Waals surface area contributed by atoms with Gasteiger partial charge in [0.2, 0.25) is 0 Å². The number of allylic oxidation sites excluding steroid dienone is 14. The number of rotatable bonds is 45. The first-order valence-electron chi connectivity index (χ1n) is 25.6. The van der Waals surface area contributed by atoms with Crippen molar-refractivity contribution >= 4 is 17.9 Å². The Labute approximate surface area is 382 Å². The van der Waals surface area contributed by atoms with E-state index in [0.29, 0.717) is 19.3 Å². The summed E-state index contributed by atoms with van der Waals surface area (Å²) in [6, 6.07) is 0. The van der Waals surface area contributed by atoms with Gasteiger partial charge in [-0.3, -0.25) is 14.4 Å². The van der Waals surface area contributed by atoms with E-state index in [1.54, 1.807) is 0 Å². The van der Waals surface area contributed by atoms with E-state index in [1.165, 1.54) is 64.2 Å². The van der Waals surface area contributed by atoms with Crippen molar-refractivity contribution in [3.8, 4) is 0 Å². The van der Waals surface area contributed by atoms with Crippen molar-refractivity contribution in [3.05, 3.63) is 85.1 Å². The van der Waals surface area contributed by atoms with Crippen LogP contribution in [0, 0.1) is 0 Å². The lowest BCUT2D eigenvalue weighted by Gasteiger charge is -2.18. The maximum atomic E-state index is 12.8. The van der Waals surface area contributed by atoms with Crippen LogP contribution in [0.5, 0.6) is 0 Å². The molecule has 6 heteroatoms. The fraction of sp³-hybridized carbons (Fsp3) is 0.696. The van der Waals surface area contributed by atoms with Gasteiger partial charge in [0.15, 0.2) is 6.10 Å². The Kier molecular flexibility index (Phi) is 47.5. The predicted molar refractivity (Wildman–Crippen MR) is 265 cm³/mol. The standard InChI is InChI=1S/C56H94O6/c1-4-7-10-13-16-19-22-24-26-27-28-29-30-32-34-37-40-43-46-49-55(58)61-52-53(51-60-54(57)48-45-42-39-36-33-21-18-15-12-9-6-3)62-56(59)50-47-44-41-38-35-31-25-23-20-17-14-11-8-5-2/h7,10,14-19,23-26,28-29,53H,4-6,8-9,11-13,20-22,27,30-52H2,1-3H3/b10-7-,17-14-,18-15-,19-16-,25-23-,26-24-,29-28-. The van der Waals surface area contributed by atoms with Gasteiger partial charge in [0.1, 0.15) is 13.2 Å². The third kappa shape index (κ3) is 47.6. The van der Waals surface area contributed by atoms with Gasteiger partial charge in [-0.1, -0.05) is 196 Å². The molecule has 1 atom stereocenters. The molecule has 0 radical (unpaired) electrons. The molecule has 0 amide bonds. The van der Waals surface area contributed by atoms with Crippen LogP contribution < -0.4 is 0 Å². The summed E-state index contributed by atoms with van der Waals surface area (Å²) in [5.74, 6) is -0.932. The summed E-state index contributed by atoms with van der Waals surface area (Å²) in [6.45, 7) is 6.41. The van der Waals surface area contributed by atoms with Crippen LogP contribution in [0.4, 0.5) is 0 Å². The van der Waals surface area contributed by atoms with E-state index in [4.69, 9.17) is 14.2 Å². The van der Waals surface area contributed by atoms with Gasteiger partial charge in [-0.05, 0) is 103 Å². The molecule has 0 aliphatic rings. The molecule has 0 N–H and O–H groups in total. The van der Waals surface area contributed by atoms with E-state index in [-0.39, 0.29) is 31.1 Å². The average Bonchev–Trinajstić information content (AvgIpc) is 3.27. The molecule has 1 unspecified atom stereocenters. The molecule has 6 nitrogen and oxygen atoms in total. The zero-order valence-corrected chi connectivity index (χ0v) is 40.4. The van der Waals surface area contributed by atoms with E-state index >= 15 is 0 Å². The van der Waals surface area contributed by atoms with Crippen LogP contribution in [0.25, 0.3) is 0 Å². The normalized spacial score (nSPS) is 12.8. The number of unbranched alkanes of at least 4 members (excludes halogenated alkanes) is 20. The highest BCUT2D eigenvalue weighted by molar-refractivity contribution is 5.71. The molecule has 0 aliphatic heterocycles. The molecule has 0 bridgehead atoms. The second-order valence-corrected chi connectivity index (χ2v) is 16.7.